The van der Waals surface area contributed by atoms with Gasteiger partial charge in [0, 0.05) is 31.1 Å². The van der Waals surface area contributed by atoms with Crippen molar-refractivity contribution in [2.45, 2.75) is 64.8 Å². The SMILES string of the molecule is C=C[C@@](C)(/C=C/C)C[C@H]1C[C@@H](c2cc(OC)c3c(c2)OCO3)CN1CC(=O)N(CCCC)CCCN(C)C. The molecule has 212 valence electrons. The van der Waals surface area contributed by atoms with Gasteiger partial charge in [0.25, 0.3) is 0 Å². The van der Waals surface area contributed by atoms with Crippen molar-refractivity contribution in [3.8, 4) is 17.2 Å². The molecule has 38 heavy (non-hydrogen) atoms. The summed E-state index contributed by atoms with van der Waals surface area (Å²) in [6.45, 7) is 14.7. The molecule has 3 rings (SSSR count). The molecule has 1 amide bonds. The van der Waals surface area contributed by atoms with Crippen LogP contribution in [0.4, 0.5) is 0 Å². The minimum Gasteiger partial charge on any atom is -0.493 e. The molecule has 1 aromatic carbocycles. The normalized spacial score (nSPS) is 20.7. The molecule has 7 heteroatoms. The van der Waals surface area contributed by atoms with Gasteiger partial charge in [-0.1, -0.05) is 38.5 Å². The highest BCUT2D eigenvalue weighted by Gasteiger charge is 2.38. The highest BCUT2D eigenvalue weighted by Crippen LogP contribution is 2.46. The molecule has 0 unspecified atom stereocenters. The lowest BCUT2D eigenvalue weighted by atomic mass is 9.81. The van der Waals surface area contributed by atoms with Gasteiger partial charge in [0.2, 0.25) is 18.4 Å². The smallest absolute Gasteiger partial charge is 0.236 e. The number of allylic oxidation sites excluding steroid dienone is 3. The van der Waals surface area contributed by atoms with Crippen molar-refractivity contribution in [3.05, 3.63) is 42.5 Å². The van der Waals surface area contributed by atoms with Crippen molar-refractivity contribution < 1.29 is 19.0 Å². The summed E-state index contributed by atoms with van der Waals surface area (Å²) < 4.78 is 16.9. The monoisotopic (exact) mass is 527 g/mol. The molecule has 0 N–H and O–H groups in total. The quantitative estimate of drug-likeness (QED) is 0.288. The van der Waals surface area contributed by atoms with E-state index in [0.717, 1.165) is 64.0 Å². The molecule has 0 saturated carbocycles. The van der Waals surface area contributed by atoms with Crippen molar-refractivity contribution in [3.63, 3.8) is 0 Å². The number of carbonyl (C=O) groups excluding carboxylic acids is 1. The lowest BCUT2D eigenvalue weighted by Gasteiger charge is -2.33. The number of hydrogen-bond acceptors (Lipinski definition) is 6. The van der Waals surface area contributed by atoms with E-state index in [0.29, 0.717) is 18.0 Å². The van der Waals surface area contributed by atoms with Gasteiger partial charge < -0.3 is 24.0 Å². The number of methoxy groups -OCH3 is 1. The molecule has 0 aliphatic carbocycles. The Labute approximate surface area is 230 Å². The summed E-state index contributed by atoms with van der Waals surface area (Å²) >= 11 is 0. The fourth-order valence-electron chi connectivity index (χ4n) is 5.69. The average Bonchev–Trinajstić information content (AvgIpc) is 3.52. The Bertz CT molecular complexity index is 963. The van der Waals surface area contributed by atoms with E-state index in [9.17, 15) is 4.79 Å². The van der Waals surface area contributed by atoms with E-state index in [-0.39, 0.29) is 30.1 Å². The largest absolute Gasteiger partial charge is 0.493 e. The first-order valence-corrected chi connectivity index (χ1v) is 14.1. The summed E-state index contributed by atoms with van der Waals surface area (Å²) in [5.41, 5.74) is 1.04. The van der Waals surface area contributed by atoms with Gasteiger partial charge in [-0.15, -0.1) is 6.58 Å². The van der Waals surface area contributed by atoms with Crippen LogP contribution in [0.5, 0.6) is 17.2 Å². The Morgan fingerprint density at radius 2 is 2.00 bits per heavy atom. The van der Waals surface area contributed by atoms with Crippen LogP contribution < -0.4 is 14.2 Å². The second kappa shape index (κ2) is 14.0. The molecule has 2 aliphatic heterocycles. The van der Waals surface area contributed by atoms with Crippen LogP contribution in [0.3, 0.4) is 0 Å². The Morgan fingerprint density at radius 1 is 1.24 bits per heavy atom. The molecule has 2 heterocycles. The maximum absolute atomic E-state index is 13.7. The second-order valence-electron chi connectivity index (χ2n) is 11.3. The number of ether oxygens (including phenoxy) is 3. The first-order chi connectivity index (χ1) is 18.2. The van der Waals surface area contributed by atoms with Gasteiger partial charge in [-0.2, -0.15) is 0 Å². The summed E-state index contributed by atoms with van der Waals surface area (Å²) in [5, 5.41) is 0. The number of rotatable bonds is 15. The van der Waals surface area contributed by atoms with E-state index in [2.05, 4.69) is 80.4 Å². The van der Waals surface area contributed by atoms with Crippen LogP contribution in [0.15, 0.2) is 36.9 Å². The third-order valence-corrected chi connectivity index (χ3v) is 7.88. The van der Waals surface area contributed by atoms with Crippen LogP contribution in [0, 0.1) is 5.41 Å². The fraction of sp³-hybridized carbons (Fsp3) is 0.645. The highest BCUT2D eigenvalue weighted by atomic mass is 16.7. The van der Waals surface area contributed by atoms with Gasteiger partial charge in [0.05, 0.1) is 13.7 Å². The van der Waals surface area contributed by atoms with E-state index in [1.165, 1.54) is 5.56 Å². The molecule has 1 saturated heterocycles. The molecule has 1 aromatic rings. The standard InChI is InChI=1S/C31H49N3O4/c1-8-11-15-33(16-12-14-32(5)6)29(35)22-34-21-25(17-26(34)20-31(4,10-3)13-9-2)24-18-27(36-7)30-28(19-24)37-23-38-30/h9-10,13,18-19,25-26H,3,8,11-12,14-17,20-23H2,1-2,4-7H3/b13-9+/t25-,26-,31+/m1/s1. The van der Waals surface area contributed by atoms with Crippen molar-refractivity contribution in [2.24, 2.45) is 5.41 Å². The zero-order valence-electron chi connectivity index (χ0n) is 24.5. The van der Waals surface area contributed by atoms with Crippen LogP contribution in [0.2, 0.25) is 0 Å². The van der Waals surface area contributed by atoms with E-state index in [4.69, 9.17) is 14.2 Å². The molecule has 7 nitrogen and oxygen atoms in total. The summed E-state index contributed by atoms with van der Waals surface area (Å²) in [5.74, 6) is 2.63. The Kier molecular flexibility index (Phi) is 11.1. The molecular formula is C31H49N3O4. The van der Waals surface area contributed by atoms with E-state index in [1.807, 2.05) is 6.08 Å². The first-order valence-electron chi connectivity index (χ1n) is 14.1. The zero-order chi connectivity index (χ0) is 27.7. The predicted octanol–water partition coefficient (Wildman–Crippen LogP) is 5.32. The Morgan fingerprint density at radius 3 is 2.66 bits per heavy atom. The summed E-state index contributed by atoms with van der Waals surface area (Å²) in [7, 11) is 5.83. The molecule has 0 aromatic heterocycles. The summed E-state index contributed by atoms with van der Waals surface area (Å²) in [6.07, 6.45) is 11.4. The van der Waals surface area contributed by atoms with Crippen LogP contribution >= 0.6 is 0 Å². The molecule has 0 bridgehead atoms. The predicted molar refractivity (Wildman–Crippen MR) is 154 cm³/mol. The summed E-state index contributed by atoms with van der Waals surface area (Å²) in [6, 6.07) is 4.42. The number of hydrogen-bond donors (Lipinski definition) is 0. The van der Waals surface area contributed by atoms with Gasteiger partial charge in [0.15, 0.2) is 11.5 Å². The lowest BCUT2D eigenvalue weighted by Crippen LogP contribution is -2.44. The molecule has 0 spiro atoms. The number of fused-ring (bicyclic) bond motifs is 1. The minimum absolute atomic E-state index is 0.129. The molecule has 2 aliphatic rings. The minimum atomic E-state index is -0.129. The van der Waals surface area contributed by atoms with Crippen molar-refractivity contribution >= 4 is 5.91 Å². The Balaban J connectivity index is 1.82. The van der Waals surface area contributed by atoms with Crippen LogP contribution in [-0.2, 0) is 4.79 Å². The molecule has 3 atom stereocenters. The van der Waals surface area contributed by atoms with Gasteiger partial charge in [-0.25, -0.2) is 0 Å². The van der Waals surface area contributed by atoms with E-state index in [1.54, 1.807) is 7.11 Å². The maximum Gasteiger partial charge on any atom is 0.236 e. The number of nitrogens with zero attached hydrogens (tertiary/aromatic N) is 3. The molecular weight excluding hydrogens is 478 g/mol. The number of unbranched alkanes of at least 4 members (excludes halogenated alkanes) is 1. The van der Waals surface area contributed by atoms with Gasteiger partial charge >= 0.3 is 0 Å². The van der Waals surface area contributed by atoms with Crippen molar-refractivity contribution in [1.29, 1.82) is 0 Å². The van der Waals surface area contributed by atoms with E-state index >= 15 is 0 Å². The van der Waals surface area contributed by atoms with Crippen molar-refractivity contribution in [2.75, 3.05) is 60.7 Å². The molecule has 0 radical (unpaired) electrons. The topological polar surface area (TPSA) is 54.5 Å². The number of carbonyl (C=O) groups is 1. The van der Waals surface area contributed by atoms with E-state index < -0.39 is 0 Å². The average molecular weight is 528 g/mol. The van der Waals surface area contributed by atoms with Crippen LogP contribution in [0.25, 0.3) is 0 Å². The number of amides is 1. The van der Waals surface area contributed by atoms with Crippen LogP contribution in [-0.4, -0.2) is 87.4 Å². The van der Waals surface area contributed by atoms with Gasteiger partial charge in [-0.05, 0) is 76.9 Å². The second-order valence-corrected chi connectivity index (χ2v) is 11.3. The van der Waals surface area contributed by atoms with Crippen LogP contribution in [0.1, 0.15) is 64.4 Å². The first kappa shape index (κ1) is 30.0. The number of benzene rings is 1. The van der Waals surface area contributed by atoms with Gasteiger partial charge in [-0.3, -0.25) is 9.69 Å². The number of likely N-dealkylation sites (tertiary alicyclic amines) is 1. The highest BCUT2D eigenvalue weighted by molar-refractivity contribution is 5.78. The zero-order valence-corrected chi connectivity index (χ0v) is 24.5. The third-order valence-electron chi connectivity index (χ3n) is 7.88. The fourth-order valence-corrected chi connectivity index (χ4v) is 5.69. The van der Waals surface area contributed by atoms with Gasteiger partial charge in [0.1, 0.15) is 0 Å². The maximum atomic E-state index is 13.7. The summed E-state index contributed by atoms with van der Waals surface area (Å²) in [4.78, 5) is 20.3. The van der Waals surface area contributed by atoms with Crippen molar-refractivity contribution in [1.82, 2.24) is 14.7 Å². The molecule has 1 fully saturated rings. The Hall–Kier alpha value is -2.51. The lowest BCUT2D eigenvalue weighted by molar-refractivity contribution is -0.133. The third kappa shape index (κ3) is 7.76.